The van der Waals surface area contributed by atoms with Crippen LogP contribution in [0.4, 0.5) is 0 Å². The maximum atomic E-state index is 13.5. The van der Waals surface area contributed by atoms with E-state index in [1.165, 1.54) is 7.11 Å². The van der Waals surface area contributed by atoms with Crippen molar-refractivity contribution in [2.75, 3.05) is 33.5 Å². The van der Waals surface area contributed by atoms with Crippen LogP contribution in [0.15, 0.2) is 273 Å². The Kier molecular flexibility index (Phi) is 31.0. The normalized spacial score (nSPS) is 24.5. The van der Waals surface area contributed by atoms with Crippen LogP contribution in [0.1, 0.15) is 75.8 Å². The summed E-state index contributed by atoms with van der Waals surface area (Å²) >= 11 is 0. The van der Waals surface area contributed by atoms with Crippen molar-refractivity contribution >= 4 is 5.97 Å². The van der Waals surface area contributed by atoms with Crippen LogP contribution in [0.25, 0.3) is 0 Å². The van der Waals surface area contributed by atoms with Gasteiger partial charge in [-0.3, -0.25) is 4.79 Å². The molecule has 0 spiro atoms. The first-order valence-corrected chi connectivity index (χ1v) is 36.8. The molecule has 18 heteroatoms. The highest BCUT2D eigenvalue weighted by Gasteiger charge is 2.57. The number of carbonyl (C=O) groups excluding carboxylic acids is 1. The average molecular weight is 1440 g/mol. The van der Waals surface area contributed by atoms with Crippen molar-refractivity contribution in [1.29, 1.82) is 0 Å². The lowest BCUT2D eigenvalue weighted by atomic mass is 9.95. The summed E-state index contributed by atoms with van der Waals surface area (Å²) in [7, 11) is 1.39. The van der Waals surface area contributed by atoms with Gasteiger partial charge in [0.1, 0.15) is 73.2 Å². The highest BCUT2D eigenvalue weighted by molar-refractivity contribution is 5.69. The number of carbonyl (C=O) groups is 1. The predicted octanol–water partition coefficient (Wildman–Crippen LogP) is 14.2. The number of aliphatic hydroxyl groups excluding tert-OH is 1. The molecule has 9 aromatic carbocycles. The molecule has 0 saturated carbocycles. The average Bonchev–Trinajstić information content (AvgIpc) is 0.760. The van der Waals surface area contributed by atoms with Gasteiger partial charge in [0, 0.05) is 13.0 Å². The van der Waals surface area contributed by atoms with E-state index in [0.717, 1.165) is 50.1 Å². The lowest BCUT2D eigenvalue weighted by Gasteiger charge is -2.51. The fraction of sp³-hybridized carbons (Fsp3) is 0.375. The second kappa shape index (κ2) is 42.4. The predicted molar refractivity (Wildman–Crippen MR) is 397 cm³/mol. The molecular weight excluding hydrogens is 1340 g/mol. The van der Waals surface area contributed by atoms with E-state index in [1.54, 1.807) is 0 Å². The highest BCUT2D eigenvalue weighted by atomic mass is 16.8. The standard InChI is InChI=1S/C88H98O18/c1-91-76(89)50-30-11-31-51-95-87-84(82(100-59-71-46-26-9-27-47-71)79(97-56-68-40-20-6-21-41-68)74(103-87)62-93-53-65-34-14-3-15-35-65)106-88-85(83(101-60-72-48-28-10-29-49-72)80(98-57-69-42-22-7-23-43-69)75(104-88)63-94-54-66-36-16-4-17-37-66)105-86-77(90)81(99-58-70-44-24-8-25-45-70)78(96-55-67-38-18-5-19-39-67)73(102-86)61-92-52-64-32-12-2-13-33-64/h2-10,12-29,32-49,73-75,77-88,90H,11,30-31,50-63H2,1H3/t73-,74-,75-,77+,78-,79-,80-,81-,82+,83+,84+,85+,86-,87+,88-/m1/s1. The number of methoxy groups -OCH3 is 1. The summed E-state index contributed by atoms with van der Waals surface area (Å²) < 4.78 is 113. The van der Waals surface area contributed by atoms with Crippen molar-refractivity contribution in [3.63, 3.8) is 0 Å². The summed E-state index contributed by atoms with van der Waals surface area (Å²) in [6.45, 7) is 1.70. The third-order valence-electron chi connectivity index (χ3n) is 18.8. The monoisotopic (exact) mass is 1440 g/mol. The molecule has 0 bridgehead atoms. The van der Waals surface area contributed by atoms with Crippen molar-refractivity contribution < 1.29 is 85.7 Å². The molecule has 0 radical (unpaired) electrons. The molecular formula is C88H98O18. The highest BCUT2D eigenvalue weighted by Crippen LogP contribution is 2.40. The second-order valence-electron chi connectivity index (χ2n) is 26.6. The van der Waals surface area contributed by atoms with Crippen LogP contribution in [0, 0.1) is 0 Å². The number of hydrogen-bond acceptors (Lipinski definition) is 18. The smallest absolute Gasteiger partial charge is 0.305 e. The van der Waals surface area contributed by atoms with Gasteiger partial charge < -0.3 is 80.9 Å². The molecule has 3 aliphatic heterocycles. The molecule has 3 fully saturated rings. The number of unbranched alkanes of at least 4 members (excludes halogenated alkanes) is 2. The number of aliphatic hydroxyl groups is 1. The lowest BCUT2D eigenvalue weighted by Crippen LogP contribution is -2.68. The Morgan fingerprint density at radius 2 is 0.557 bits per heavy atom. The molecule has 3 aliphatic rings. The molecule has 18 nitrogen and oxygen atoms in total. The quantitative estimate of drug-likeness (QED) is 0.0281. The molecule has 15 atom stereocenters. The van der Waals surface area contributed by atoms with Gasteiger partial charge in [-0.15, -0.1) is 0 Å². The zero-order chi connectivity index (χ0) is 72.6. The molecule has 9 aromatic rings. The van der Waals surface area contributed by atoms with Crippen LogP contribution < -0.4 is 0 Å². The van der Waals surface area contributed by atoms with Gasteiger partial charge in [-0.25, -0.2) is 0 Å². The molecule has 3 saturated heterocycles. The van der Waals surface area contributed by atoms with Crippen LogP contribution in [0.2, 0.25) is 0 Å². The topological polar surface area (TPSA) is 185 Å². The van der Waals surface area contributed by atoms with Gasteiger partial charge in [-0.1, -0.05) is 279 Å². The first-order chi connectivity index (χ1) is 52.4. The summed E-state index contributed by atoms with van der Waals surface area (Å²) in [6.07, 6.45) is -15.0. The number of ether oxygens (including phenoxy) is 16. The van der Waals surface area contributed by atoms with E-state index in [9.17, 15) is 9.90 Å². The maximum absolute atomic E-state index is 13.5. The number of hydrogen-bond donors (Lipinski definition) is 1. The maximum Gasteiger partial charge on any atom is 0.305 e. The van der Waals surface area contributed by atoms with E-state index in [0.29, 0.717) is 19.3 Å². The summed E-state index contributed by atoms with van der Waals surface area (Å²) in [5, 5.41) is 13.5. The molecule has 0 amide bonds. The lowest BCUT2D eigenvalue weighted by molar-refractivity contribution is -0.404. The van der Waals surface area contributed by atoms with Gasteiger partial charge in [-0.05, 0) is 62.9 Å². The zero-order valence-corrected chi connectivity index (χ0v) is 60.0. The van der Waals surface area contributed by atoms with Gasteiger partial charge in [0.25, 0.3) is 0 Å². The number of benzene rings is 9. The first-order valence-electron chi connectivity index (χ1n) is 36.8. The number of esters is 1. The van der Waals surface area contributed by atoms with E-state index in [1.807, 2.05) is 273 Å². The SMILES string of the molecule is COC(=O)CCCCCO[C@H]1O[C@H](COCc2ccccc2)[C@@H](OCc2ccccc2)[C@H](OCc2ccccc2)[C@@H]1O[C@H]1O[C@H](COCc2ccccc2)[C@@H](OCc2ccccc2)[C@H](OCc2ccccc2)[C@@H]1O[C@H]1O[C@H](COCc2ccccc2)[C@@H](OCc2ccccc2)[C@H](OCc2ccccc2)[C@@H]1O. The molecule has 558 valence electrons. The van der Waals surface area contributed by atoms with E-state index in [2.05, 4.69) is 0 Å². The Morgan fingerprint density at radius 1 is 0.292 bits per heavy atom. The van der Waals surface area contributed by atoms with Crippen molar-refractivity contribution in [3.05, 3.63) is 323 Å². The minimum Gasteiger partial charge on any atom is -0.469 e. The van der Waals surface area contributed by atoms with Crippen molar-refractivity contribution in [2.45, 2.75) is 177 Å². The van der Waals surface area contributed by atoms with Gasteiger partial charge in [0.15, 0.2) is 18.9 Å². The Morgan fingerprint density at radius 3 is 0.887 bits per heavy atom. The molecule has 0 unspecified atom stereocenters. The summed E-state index contributed by atoms with van der Waals surface area (Å²) in [4.78, 5) is 12.4. The minimum absolute atomic E-state index is 0.00699. The van der Waals surface area contributed by atoms with E-state index in [-0.39, 0.29) is 98.3 Å². The van der Waals surface area contributed by atoms with Crippen LogP contribution in [-0.4, -0.2) is 137 Å². The molecule has 12 rings (SSSR count). The van der Waals surface area contributed by atoms with Gasteiger partial charge >= 0.3 is 5.97 Å². The molecule has 1 N–H and O–H groups in total. The molecule has 0 aliphatic carbocycles. The minimum atomic E-state index is -1.55. The van der Waals surface area contributed by atoms with E-state index < -0.39 is 92.1 Å². The molecule has 106 heavy (non-hydrogen) atoms. The Balaban J connectivity index is 0.980. The van der Waals surface area contributed by atoms with Crippen LogP contribution in [0.5, 0.6) is 0 Å². The van der Waals surface area contributed by atoms with Crippen molar-refractivity contribution in [2.24, 2.45) is 0 Å². The number of rotatable bonds is 41. The van der Waals surface area contributed by atoms with Crippen LogP contribution in [-0.2, 0) is 140 Å². The summed E-state index contributed by atoms with van der Waals surface area (Å²) in [6, 6.07) is 88.9. The van der Waals surface area contributed by atoms with Crippen LogP contribution >= 0.6 is 0 Å². The van der Waals surface area contributed by atoms with Crippen LogP contribution in [0.3, 0.4) is 0 Å². The third-order valence-corrected chi connectivity index (χ3v) is 18.8. The van der Waals surface area contributed by atoms with Gasteiger partial charge in [0.05, 0.1) is 86.4 Å². The third kappa shape index (κ3) is 23.7. The van der Waals surface area contributed by atoms with Gasteiger partial charge in [0.2, 0.25) is 0 Å². The molecule has 0 aromatic heterocycles. The van der Waals surface area contributed by atoms with E-state index in [4.69, 9.17) is 75.8 Å². The Labute approximate surface area is 622 Å². The molecule has 3 heterocycles. The van der Waals surface area contributed by atoms with Crippen molar-refractivity contribution in [3.8, 4) is 0 Å². The zero-order valence-electron chi connectivity index (χ0n) is 60.0. The fourth-order valence-electron chi connectivity index (χ4n) is 13.2. The summed E-state index contributed by atoms with van der Waals surface area (Å²) in [5.74, 6) is -0.292. The Bertz CT molecular complexity index is 3840. The first kappa shape index (κ1) is 77.4. The van der Waals surface area contributed by atoms with Gasteiger partial charge in [-0.2, -0.15) is 0 Å². The summed E-state index contributed by atoms with van der Waals surface area (Å²) in [5.41, 5.74) is 8.17. The van der Waals surface area contributed by atoms with E-state index >= 15 is 0 Å². The Hall–Kier alpha value is -8.19. The fourth-order valence-corrected chi connectivity index (χ4v) is 13.2. The second-order valence-corrected chi connectivity index (χ2v) is 26.6. The largest absolute Gasteiger partial charge is 0.469 e. The van der Waals surface area contributed by atoms with Crippen molar-refractivity contribution in [1.82, 2.24) is 0 Å².